The number of aromatic nitrogens is 3. The van der Waals surface area contributed by atoms with Gasteiger partial charge in [0.15, 0.2) is 0 Å². The van der Waals surface area contributed by atoms with Gasteiger partial charge in [0.1, 0.15) is 16.2 Å². The summed E-state index contributed by atoms with van der Waals surface area (Å²) in [5.74, 6) is 0.874. The van der Waals surface area contributed by atoms with Crippen molar-refractivity contribution in [3.63, 3.8) is 0 Å². The summed E-state index contributed by atoms with van der Waals surface area (Å²) in [6.07, 6.45) is 0. The van der Waals surface area contributed by atoms with E-state index in [2.05, 4.69) is 52.8 Å². The number of benzene rings is 1. The van der Waals surface area contributed by atoms with Crippen molar-refractivity contribution in [3.05, 3.63) is 57.9 Å². The van der Waals surface area contributed by atoms with Gasteiger partial charge in [-0.2, -0.15) is 0 Å². The molecule has 0 aliphatic rings. The molecule has 1 aromatic carbocycles. The largest absolute Gasteiger partial charge is 0.238 e. The van der Waals surface area contributed by atoms with Crippen molar-refractivity contribution < 1.29 is 0 Å². The predicted octanol–water partition coefficient (Wildman–Crippen LogP) is 5.72. The highest BCUT2D eigenvalue weighted by molar-refractivity contribution is 7.98. The van der Waals surface area contributed by atoms with Crippen LogP contribution in [0.1, 0.15) is 16.1 Å². The van der Waals surface area contributed by atoms with E-state index in [4.69, 9.17) is 4.98 Å². The summed E-state index contributed by atoms with van der Waals surface area (Å²) in [7, 11) is 0. The van der Waals surface area contributed by atoms with Gasteiger partial charge in [-0.25, -0.2) is 4.98 Å². The number of hydrogen-bond donors (Lipinski definition) is 0. The lowest BCUT2D eigenvalue weighted by atomic mass is 10.2. The van der Waals surface area contributed by atoms with Crippen molar-refractivity contribution >= 4 is 44.7 Å². The summed E-state index contributed by atoms with van der Waals surface area (Å²) in [5.41, 5.74) is 4.49. The molecule has 0 fully saturated rings. The molecule has 0 N–H and O–H groups in total. The lowest BCUT2D eigenvalue weighted by Gasteiger charge is -2.04. The Bertz CT molecular complexity index is 973. The molecule has 0 saturated carbocycles. The molecule has 0 aliphatic carbocycles. The highest BCUT2D eigenvalue weighted by Gasteiger charge is 2.16. The molecular formula is C18H15N3S3. The second-order valence-corrected chi connectivity index (χ2v) is 8.63. The summed E-state index contributed by atoms with van der Waals surface area (Å²) in [6.45, 7) is 4.14. The Morgan fingerprint density at radius 3 is 2.62 bits per heavy atom. The van der Waals surface area contributed by atoms with Gasteiger partial charge in [0.25, 0.3) is 0 Å². The Morgan fingerprint density at radius 1 is 1.04 bits per heavy atom. The van der Waals surface area contributed by atoms with Gasteiger partial charge in [-0.15, -0.1) is 32.9 Å². The molecule has 4 aromatic rings. The van der Waals surface area contributed by atoms with Gasteiger partial charge >= 0.3 is 0 Å². The minimum atomic E-state index is 0.874. The van der Waals surface area contributed by atoms with E-state index in [1.54, 1.807) is 34.4 Å². The Hall–Kier alpha value is -1.76. The Labute approximate surface area is 152 Å². The summed E-state index contributed by atoms with van der Waals surface area (Å²) in [6, 6.07) is 12.7. The van der Waals surface area contributed by atoms with E-state index in [0.717, 1.165) is 36.6 Å². The molecule has 3 aromatic heterocycles. The van der Waals surface area contributed by atoms with Gasteiger partial charge in [0.2, 0.25) is 0 Å². The van der Waals surface area contributed by atoms with E-state index in [-0.39, 0.29) is 0 Å². The van der Waals surface area contributed by atoms with E-state index in [0.29, 0.717) is 0 Å². The maximum Gasteiger partial charge on any atom is 0.146 e. The van der Waals surface area contributed by atoms with Crippen LogP contribution in [0.3, 0.4) is 0 Å². The van der Waals surface area contributed by atoms with Gasteiger partial charge in [0, 0.05) is 5.75 Å². The number of fused-ring (bicyclic) bond motifs is 1. The number of aryl methyl sites for hydroxylation is 2. The first kappa shape index (κ1) is 15.7. The van der Waals surface area contributed by atoms with Crippen LogP contribution in [-0.2, 0) is 5.75 Å². The third-order valence-corrected chi connectivity index (χ3v) is 6.52. The molecule has 0 radical (unpaired) electrons. The topological polar surface area (TPSA) is 38.7 Å². The summed E-state index contributed by atoms with van der Waals surface area (Å²) >= 11 is 5.08. The fourth-order valence-electron chi connectivity index (χ4n) is 2.43. The van der Waals surface area contributed by atoms with Gasteiger partial charge in [-0.05, 0) is 30.9 Å². The monoisotopic (exact) mass is 369 g/mol. The highest BCUT2D eigenvalue weighted by atomic mass is 32.2. The third-order valence-electron chi connectivity index (χ3n) is 3.64. The van der Waals surface area contributed by atoms with Crippen LogP contribution in [0.2, 0.25) is 0 Å². The van der Waals surface area contributed by atoms with Gasteiger partial charge in [-0.3, -0.25) is 0 Å². The molecule has 24 heavy (non-hydrogen) atoms. The van der Waals surface area contributed by atoms with Crippen molar-refractivity contribution in [1.82, 2.24) is 15.2 Å². The van der Waals surface area contributed by atoms with Gasteiger partial charge in [-0.1, -0.05) is 47.7 Å². The van der Waals surface area contributed by atoms with Crippen LogP contribution in [0.15, 0.2) is 46.8 Å². The molecule has 0 aliphatic heterocycles. The first-order chi connectivity index (χ1) is 11.7. The van der Waals surface area contributed by atoms with Crippen molar-refractivity contribution in [2.45, 2.75) is 24.6 Å². The fourth-order valence-corrected chi connectivity index (χ4v) is 5.07. The van der Waals surface area contributed by atoms with E-state index in [1.807, 2.05) is 13.0 Å². The average molecular weight is 370 g/mol. The zero-order chi connectivity index (χ0) is 16.5. The number of thioether (sulfide) groups is 1. The minimum absolute atomic E-state index is 0.874. The molecule has 3 nitrogen and oxygen atoms in total. The lowest BCUT2D eigenvalue weighted by Crippen LogP contribution is -1.92. The Kier molecular flexibility index (Phi) is 4.35. The first-order valence-corrected chi connectivity index (χ1v) is 10.2. The van der Waals surface area contributed by atoms with Gasteiger partial charge < -0.3 is 0 Å². The molecule has 0 spiro atoms. The second kappa shape index (κ2) is 6.63. The second-order valence-electron chi connectivity index (χ2n) is 5.52. The molecular weight excluding hydrogens is 354 g/mol. The van der Waals surface area contributed by atoms with E-state index in [1.165, 1.54) is 11.1 Å². The maximum absolute atomic E-state index is 4.71. The van der Waals surface area contributed by atoms with Gasteiger partial charge in [0.05, 0.1) is 14.6 Å². The van der Waals surface area contributed by atoms with Crippen LogP contribution in [0, 0.1) is 13.8 Å². The van der Waals surface area contributed by atoms with Crippen molar-refractivity contribution in [2.24, 2.45) is 0 Å². The number of thiazole rings is 1. The number of thiophene rings is 1. The van der Waals surface area contributed by atoms with Crippen molar-refractivity contribution in [2.75, 3.05) is 0 Å². The van der Waals surface area contributed by atoms with Crippen LogP contribution in [-0.4, -0.2) is 15.2 Å². The molecule has 0 bridgehead atoms. The molecule has 6 heteroatoms. The summed E-state index contributed by atoms with van der Waals surface area (Å²) in [5, 5.41) is 13.0. The highest BCUT2D eigenvalue weighted by Crippen LogP contribution is 2.37. The standard InChI is InChI=1S/C18H15N3S3/c1-11-5-7-13(8-6-11)10-23-18-16-17(24-12(2)19-16)15(20-21-18)14-4-3-9-22-14/h3-9H,10H2,1-2H3. The molecule has 0 atom stereocenters. The zero-order valence-corrected chi connectivity index (χ0v) is 15.8. The predicted molar refractivity (Wildman–Crippen MR) is 104 cm³/mol. The van der Waals surface area contributed by atoms with Crippen molar-refractivity contribution in [3.8, 4) is 10.6 Å². The first-order valence-electron chi connectivity index (χ1n) is 7.57. The lowest BCUT2D eigenvalue weighted by molar-refractivity contribution is 0.957. The summed E-state index contributed by atoms with van der Waals surface area (Å²) < 4.78 is 1.14. The molecule has 0 saturated heterocycles. The van der Waals surface area contributed by atoms with Crippen LogP contribution in [0.5, 0.6) is 0 Å². The maximum atomic E-state index is 4.71. The normalized spacial score (nSPS) is 11.2. The number of nitrogens with zero attached hydrogens (tertiary/aromatic N) is 3. The molecule has 0 amide bonds. The SMILES string of the molecule is Cc1ccc(CSc2nnc(-c3cccs3)c3sc(C)nc23)cc1. The quantitative estimate of drug-likeness (QED) is 0.431. The summed E-state index contributed by atoms with van der Waals surface area (Å²) in [4.78, 5) is 5.85. The average Bonchev–Trinajstić information content (AvgIpc) is 3.23. The Morgan fingerprint density at radius 2 is 1.88 bits per heavy atom. The number of hydrogen-bond acceptors (Lipinski definition) is 6. The number of rotatable bonds is 4. The van der Waals surface area contributed by atoms with E-state index in [9.17, 15) is 0 Å². The fraction of sp³-hybridized carbons (Fsp3) is 0.167. The van der Waals surface area contributed by atoms with Crippen LogP contribution >= 0.6 is 34.4 Å². The smallest absolute Gasteiger partial charge is 0.146 e. The van der Waals surface area contributed by atoms with E-state index < -0.39 is 0 Å². The molecule has 0 unspecified atom stereocenters. The molecule has 4 rings (SSSR count). The van der Waals surface area contributed by atoms with Crippen LogP contribution in [0.4, 0.5) is 0 Å². The zero-order valence-electron chi connectivity index (χ0n) is 13.3. The van der Waals surface area contributed by atoms with Crippen LogP contribution in [0.25, 0.3) is 20.8 Å². The minimum Gasteiger partial charge on any atom is -0.238 e. The third kappa shape index (κ3) is 3.09. The molecule has 120 valence electrons. The van der Waals surface area contributed by atoms with Crippen molar-refractivity contribution in [1.29, 1.82) is 0 Å². The van der Waals surface area contributed by atoms with E-state index >= 15 is 0 Å². The van der Waals surface area contributed by atoms with Crippen LogP contribution < -0.4 is 0 Å². The molecule has 3 heterocycles. The Balaban J connectivity index is 1.69.